The fourth-order valence-corrected chi connectivity index (χ4v) is 2.66. The highest BCUT2D eigenvalue weighted by molar-refractivity contribution is 5.59. The molecule has 0 aliphatic carbocycles. The van der Waals surface area contributed by atoms with E-state index in [1.54, 1.807) is 6.07 Å². The molecule has 1 aliphatic rings. The second-order valence-electron chi connectivity index (χ2n) is 5.43. The van der Waals surface area contributed by atoms with E-state index in [2.05, 4.69) is 11.9 Å². The Morgan fingerprint density at radius 3 is 2.65 bits per heavy atom. The molecule has 112 valence electrons. The van der Waals surface area contributed by atoms with Gasteiger partial charge in [0.15, 0.2) is 0 Å². The van der Waals surface area contributed by atoms with E-state index >= 15 is 0 Å². The molecular formula is C14H20F3N3. The minimum atomic E-state index is -4.41. The van der Waals surface area contributed by atoms with Crippen LogP contribution in [0.2, 0.25) is 0 Å². The molecule has 20 heavy (non-hydrogen) atoms. The highest BCUT2D eigenvalue weighted by atomic mass is 19.4. The molecule has 1 aromatic carbocycles. The minimum absolute atomic E-state index is 0.229. The average Bonchev–Trinajstić information content (AvgIpc) is 2.74. The molecule has 1 atom stereocenters. The molecule has 2 N–H and O–H groups in total. The highest BCUT2D eigenvalue weighted by Crippen LogP contribution is 2.35. The standard InChI is InChI=1S/C14H20F3N3/c1-19-7-3-4-11(19)9-20(2)10-5-6-13(18)12(8-10)14(15,16)17/h5-6,8,11H,3-4,7,9,18H2,1-2H3. The van der Waals surface area contributed by atoms with Crippen molar-refractivity contribution in [1.29, 1.82) is 0 Å². The molecule has 6 heteroatoms. The van der Waals surface area contributed by atoms with Crippen LogP contribution in [0, 0.1) is 0 Å². The Labute approximate surface area is 117 Å². The van der Waals surface area contributed by atoms with Gasteiger partial charge in [-0.15, -0.1) is 0 Å². The lowest BCUT2D eigenvalue weighted by molar-refractivity contribution is -0.136. The summed E-state index contributed by atoms with van der Waals surface area (Å²) in [5.41, 5.74) is 4.97. The van der Waals surface area contributed by atoms with Crippen molar-refractivity contribution in [3.05, 3.63) is 23.8 Å². The lowest BCUT2D eigenvalue weighted by Gasteiger charge is -2.28. The average molecular weight is 287 g/mol. The third-order valence-electron chi connectivity index (χ3n) is 3.94. The Balaban J connectivity index is 2.16. The van der Waals surface area contributed by atoms with Crippen molar-refractivity contribution in [3.63, 3.8) is 0 Å². The second kappa shape index (κ2) is 5.52. The predicted octanol–water partition coefficient (Wildman–Crippen LogP) is 2.82. The first-order chi connectivity index (χ1) is 9.29. The predicted molar refractivity (Wildman–Crippen MR) is 74.8 cm³/mol. The number of nitrogens with zero attached hydrogens (tertiary/aromatic N) is 2. The van der Waals surface area contributed by atoms with Crippen molar-refractivity contribution in [2.24, 2.45) is 0 Å². The summed E-state index contributed by atoms with van der Waals surface area (Å²) in [5, 5.41) is 0. The van der Waals surface area contributed by atoms with Crippen LogP contribution in [0.1, 0.15) is 18.4 Å². The first-order valence-corrected chi connectivity index (χ1v) is 6.67. The van der Waals surface area contributed by atoms with Gasteiger partial charge in [-0.3, -0.25) is 0 Å². The van der Waals surface area contributed by atoms with Crippen LogP contribution in [-0.2, 0) is 6.18 Å². The number of alkyl halides is 3. The quantitative estimate of drug-likeness (QED) is 0.868. The van der Waals surface area contributed by atoms with E-state index in [1.807, 2.05) is 11.9 Å². The van der Waals surface area contributed by atoms with Crippen molar-refractivity contribution < 1.29 is 13.2 Å². The van der Waals surface area contributed by atoms with Crippen molar-refractivity contribution in [2.45, 2.75) is 25.1 Å². The van der Waals surface area contributed by atoms with Crippen molar-refractivity contribution >= 4 is 11.4 Å². The van der Waals surface area contributed by atoms with E-state index in [9.17, 15) is 13.2 Å². The number of nitrogen functional groups attached to an aromatic ring is 1. The van der Waals surface area contributed by atoms with Crippen LogP contribution in [0.15, 0.2) is 18.2 Å². The number of benzene rings is 1. The van der Waals surface area contributed by atoms with Crippen molar-refractivity contribution in [2.75, 3.05) is 37.8 Å². The van der Waals surface area contributed by atoms with Crippen LogP contribution in [0.5, 0.6) is 0 Å². The summed E-state index contributed by atoms with van der Waals surface area (Å²) in [4.78, 5) is 4.11. The SMILES string of the molecule is CN(CC1CCCN1C)c1ccc(N)c(C(F)(F)F)c1. The van der Waals surface area contributed by atoms with E-state index < -0.39 is 11.7 Å². The maximum absolute atomic E-state index is 12.9. The van der Waals surface area contributed by atoms with Gasteiger partial charge in [0.05, 0.1) is 5.56 Å². The molecule has 0 radical (unpaired) electrons. The number of halogens is 3. The zero-order chi connectivity index (χ0) is 14.9. The summed E-state index contributed by atoms with van der Waals surface area (Å²) < 4.78 is 38.6. The third kappa shape index (κ3) is 3.17. The van der Waals surface area contributed by atoms with Crippen LogP contribution >= 0.6 is 0 Å². The van der Waals surface area contributed by atoms with Gasteiger partial charge in [-0.1, -0.05) is 0 Å². The Kier molecular flexibility index (Phi) is 4.13. The van der Waals surface area contributed by atoms with Crippen LogP contribution in [0.3, 0.4) is 0 Å². The summed E-state index contributed by atoms with van der Waals surface area (Å²) >= 11 is 0. The van der Waals surface area contributed by atoms with Gasteiger partial charge in [-0.2, -0.15) is 13.2 Å². The molecule has 1 fully saturated rings. The number of hydrogen-bond acceptors (Lipinski definition) is 3. The Morgan fingerprint density at radius 1 is 1.40 bits per heavy atom. The van der Waals surface area contributed by atoms with Gasteiger partial charge in [0.25, 0.3) is 0 Å². The molecule has 1 heterocycles. The van der Waals surface area contributed by atoms with Gasteiger partial charge < -0.3 is 15.5 Å². The summed E-state index contributed by atoms with van der Waals surface area (Å²) in [6.07, 6.45) is -2.18. The van der Waals surface area contributed by atoms with E-state index in [-0.39, 0.29) is 5.69 Å². The molecule has 1 aliphatic heterocycles. The number of likely N-dealkylation sites (N-methyl/N-ethyl adjacent to an activating group) is 2. The van der Waals surface area contributed by atoms with Crippen LogP contribution < -0.4 is 10.6 Å². The lowest BCUT2D eigenvalue weighted by atomic mass is 10.1. The molecule has 0 spiro atoms. The Hall–Kier alpha value is -1.43. The van der Waals surface area contributed by atoms with Crippen molar-refractivity contribution in [3.8, 4) is 0 Å². The maximum Gasteiger partial charge on any atom is 0.418 e. The summed E-state index contributed by atoms with van der Waals surface area (Å²) in [5.74, 6) is 0. The third-order valence-corrected chi connectivity index (χ3v) is 3.94. The number of nitrogens with two attached hydrogens (primary N) is 1. The molecule has 1 unspecified atom stereocenters. The molecule has 1 saturated heterocycles. The first kappa shape index (κ1) is 15.0. The van der Waals surface area contributed by atoms with E-state index in [0.29, 0.717) is 11.7 Å². The molecule has 3 nitrogen and oxygen atoms in total. The molecule has 2 rings (SSSR count). The molecule has 0 amide bonds. The topological polar surface area (TPSA) is 32.5 Å². The van der Waals surface area contributed by atoms with Gasteiger partial charge in [0.2, 0.25) is 0 Å². The zero-order valence-electron chi connectivity index (χ0n) is 11.7. The highest BCUT2D eigenvalue weighted by Gasteiger charge is 2.33. The van der Waals surface area contributed by atoms with Crippen LogP contribution in [-0.4, -0.2) is 38.1 Å². The monoisotopic (exact) mass is 287 g/mol. The van der Waals surface area contributed by atoms with Gasteiger partial charge in [0.1, 0.15) is 0 Å². The molecular weight excluding hydrogens is 267 g/mol. The summed E-state index contributed by atoms with van der Waals surface area (Å²) in [6, 6.07) is 4.49. The number of likely N-dealkylation sites (tertiary alicyclic amines) is 1. The normalized spacial score (nSPS) is 20.4. The first-order valence-electron chi connectivity index (χ1n) is 6.67. The summed E-state index contributed by atoms with van der Waals surface area (Å²) in [6.45, 7) is 1.77. The minimum Gasteiger partial charge on any atom is -0.398 e. The van der Waals surface area contributed by atoms with Crippen molar-refractivity contribution in [1.82, 2.24) is 4.90 Å². The Morgan fingerprint density at radius 2 is 2.10 bits per heavy atom. The van der Waals surface area contributed by atoms with Gasteiger partial charge in [-0.25, -0.2) is 0 Å². The lowest BCUT2D eigenvalue weighted by Crippen LogP contribution is -2.36. The van der Waals surface area contributed by atoms with Crippen LogP contribution in [0.25, 0.3) is 0 Å². The number of rotatable bonds is 3. The van der Waals surface area contributed by atoms with E-state index in [0.717, 1.165) is 32.0 Å². The Bertz CT molecular complexity index is 473. The fourth-order valence-electron chi connectivity index (χ4n) is 2.66. The second-order valence-corrected chi connectivity index (χ2v) is 5.43. The molecule has 0 aromatic heterocycles. The molecule has 0 bridgehead atoms. The van der Waals surface area contributed by atoms with Gasteiger partial charge >= 0.3 is 6.18 Å². The largest absolute Gasteiger partial charge is 0.418 e. The van der Waals surface area contributed by atoms with Crippen LogP contribution in [0.4, 0.5) is 24.5 Å². The van der Waals surface area contributed by atoms with E-state index in [1.165, 1.54) is 6.07 Å². The number of hydrogen-bond donors (Lipinski definition) is 1. The number of anilines is 2. The van der Waals surface area contributed by atoms with E-state index in [4.69, 9.17) is 5.73 Å². The zero-order valence-corrected chi connectivity index (χ0v) is 11.7. The fraction of sp³-hybridized carbons (Fsp3) is 0.571. The smallest absolute Gasteiger partial charge is 0.398 e. The maximum atomic E-state index is 12.9. The molecule has 0 saturated carbocycles. The van der Waals surface area contributed by atoms with Gasteiger partial charge in [0, 0.05) is 31.0 Å². The molecule has 1 aromatic rings. The summed E-state index contributed by atoms with van der Waals surface area (Å²) in [7, 11) is 3.87. The van der Waals surface area contributed by atoms with Gasteiger partial charge in [-0.05, 0) is 44.6 Å².